The second-order valence-corrected chi connectivity index (χ2v) is 6.83. The monoisotopic (exact) mass is 425 g/mol. The number of rotatable bonds is 10. The number of nitrogens with one attached hydrogen (secondary N) is 2. The van der Waals surface area contributed by atoms with Crippen molar-refractivity contribution in [2.75, 3.05) is 20.3 Å². The third kappa shape index (κ3) is 5.61. The number of carbonyl (C=O) groups is 3. The molecule has 1 heterocycles. The van der Waals surface area contributed by atoms with Crippen molar-refractivity contribution < 1.29 is 28.7 Å². The van der Waals surface area contributed by atoms with Crippen LogP contribution in [-0.2, 0) is 16.0 Å². The summed E-state index contributed by atoms with van der Waals surface area (Å²) in [6.07, 6.45) is 0.553. The SMILES string of the molecule is COc1cccc2cc(C(=O)NCNC(=O)[C@H](Cc3ccccc3)CN(O)C=O)oc12. The fourth-order valence-corrected chi connectivity index (χ4v) is 3.16. The summed E-state index contributed by atoms with van der Waals surface area (Å²) in [5, 5.41) is 15.8. The second-order valence-electron chi connectivity index (χ2n) is 6.83. The highest BCUT2D eigenvalue weighted by atomic mass is 16.5. The quantitative estimate of drug-likeness (QED) is 0.198. The first kappa shape index (κ1) is 21.8. The maximum atomic E-state index is 12.6. The smallest absolute Gasteiger partial charge is 0.288 e. The molecule has 9 nitrogen and oxygen atoms in total. The van der Waals surface area contributed by atoms with E-state index >= 15 is 0 Å². The zero-order valence-corrected chi connectivity index (χ0v) is 16.9. The van der Waals surface area contributed by atoms with Gasteiger partial charge >= 0.3 is 0 Å². The molecule has 3 rings (SSSR count). The molecule has 2 aromatic carbocycles. The molecule has 0 fully saturated rings. The molecule has 0 aliphatic rings. The van der Waals surface area contributed by atoms with E-state index in [2.05, 4.69) is 10.6 Å². The summed E-state index contributed by atoms with van der Waals surface area (Å²) in [4.78, 5) is 35.7. The first-order valence-corrected chi connectivity index (χ1v) is 9.59. The molecule has 0 bridgehead atoms. The van der Waals surface area contributed by atoms with Gasteiger partial charge in [0.25, 0.3) is 5.91 Å². The van der Waals surface area contributed by atoms with Crippen molar-refractivity contribution in [3.8, 4) is 5.75 Å². The number of methoxy groups -OCH3 is 1. The number of fused-ring (bicyclic) bond motifs is 1. The summed E-state index contributed by atoms with van der Waals surface area (Å²) in [6, 6.07) is 16.1. The molecule has 3 N–H and O–H groups in total. The van der Waals surface area contributed by atoms with Crippen molar-refractivity contribution in [1.29, 1.82) is 0 Å². The molecule has 1 atom stereocenters. The molecule has 3 amide bonds. The predicted octanol–water partition coefficient (Wildman–Crippen LogP) is 1.95. The van der Waals surface area contributed by atoms with Crippen molar-refractivity contribution in [3.63, 3.8) is 0 Å². The van der Waals surface area contributed by atoms with E-state index < -0.39 is 17.7 Å². The van der Waals surface area contributed by atoms with Crippen LogP contribution in [0.4, 0.5) is 0 Å². The Morgan fingerprint density at radius 3 is 2.65 bits per heavy atom. The zero-order chi connectivity index (χ0) is 22.2. The van der Waals surface area contributed by atoms with Gasteiger partial charge in [-0.3, -0.25) is 19.6 Å². The van der Waals surface area contributed by atoms with Gasteiger partial charge < -0.3 is 19.8 Å². The lowest BCUT2D eigenvalue weighted by Crippen LogP contribution is -2.43. The summed E-state index contributed by atoms with van der Waals surface area (Å²) >= 11 is 0. The zero-order valence-electron chi connectivity index (χ0n) is 16.9. The summed E-state index contributed by atoms with van der Waals surface area (Å²) in [5.41, 5.74) is 1.33. The van der Waals surface area contributed by atoms with Gasteiger partial charge in [0.2, 0.25) is 12.3 Å². The Balaban J connectivity index is 1.59. The van der Waals surface area contributed by atoms with Crippen molar-refractivity contribution in [3.05, 3.63) is 65.9 Å². The second kappa shape index (κ2) is 10.3. The van der Waals surface area contributed by atoms with Gasteiger partial charge in [0, 0.05) is 5.39 Å². The lowest BCUT2D eigenvalue weighted by atomic mass is 9.98. The van der Waals surface area contributed by atoms with Crippen molar-refractivity contribution in [2.24, 2.45) is 5.92 Å². The van der Waals surface area contributed by atoms with Gasteiger partial charge in [-0.2, -0.15) is 0 Å². The van der Waals surface area contributed by atoms with Gasteiger partial charge in [0.15, 0.2) is 17.1 Å². The Morgan fingerprint density at radius 1 is 1.16 bits per heavy atom. The number of carbonyl (C=O) groups excluding carboxylic acids is 3. The lowest BCUT2D eigenvalue weighted by molar-refractivity contribution is -0.154. The van der Waals surface area contributed by atoms with E-state index in [0.717, 1.165) is 5.56 Å². The maximum absolute atomic E-state index is 12.6. The van der Waals surface area contributed by atoms with Gasteiger partial charge in [0.1, 0.15) is 0 Å². The largest absolute Gasteiger partial charge is 0.493 e. The molecule has 0 aliphatic heterocycles. The molecule has 0 unspecified atom stereocenters. The van der Waals surface area contributed by atoms with Gasteiger partial charge in [-0.05, 0) is 24.1 Å². The molecular formula is C22H23N3O6. The van der Waals surface area contributed by atoms with E-state index in [4.69, 9.17) is 9.15 Å². The first-order valence-electron chi connectivity index (χ1n) is 9.59. The van der Waals surface area contributed by atoms with E-state index in [9.17, 15) is 19.6 Å². The first-order chi connectivity index (χ1) is 15.0. The number of furan rings is 1. The van der Waals surface area contributed by atoms with Gasteiger partial charge in [-0.1, -0.05) is 42.5 Å². The fourth-order valence-electron chi connectivity index (χ4n) is 3.16. The average molecular weight is 425 g/mol. The van der Waals surface area contributed by atoms with Crippen LogP contribution in [0.2, 0.25) is 0 Å². The molecule has 0 saturated heterocycles. The molecule has 0 radical (unpaired) electrons. The molecule has 31 heavy (non-hydrogen) atoms. The predicted molar refractivity (Wildman–Crippen MR) is 111 cm³/mol. The van der Waals surface area contributed by atoms with E-state index in [0.29, 0.717) is 28.2 Å². The Bertz CT molecular complexity index is 1050. The van der Waals surface area contributed by atoms with Crippen LogP contribution in [0.1, 0.15) is 16.1 Å². The summed E-state index contributed by atoms with van der Waals surface area (Å²) in [6.45, 7) is -0.328. The molecule has 0 aliphatic carbocycles. The lowest BCUT2D eigenvalue weighted by Gasteiger charge is -2.19. The highest BCUT2D eigenvalue weighted by Gasteiger charge is 2.22. The van der Waals surface area contributed by atoms with E-state index in [1.807, 2.05) is 30.3 Å². The van der Waals surface area contributed by atoms with Gasteiger partial charge in [-0.25, -0.2) is 5.06 Å². The van der Waals surface area contributed by atoms with Gasteiger partial charge in [0.05, 0.1) is 26.2 Å². The minimum atomic E-state index is -0.704. The Hall–Kier alpha value is -3.85. The van der Waals surface area contributed by atoms with Crippen LogP contribution in [0.5, 0.6) is 5.75 Å². The number of hydrogen-bond acceptors (Lipinski definition) is 6. The molecule has 0 saturated carbocycles. The molecule has 1 aromatic heterocycles. The van der Waals surface area contributed by atoms with Crippen LogP contribution in [0, 0.1) is 5.92 Å². The fraction of sp³-hybridized carbons (Fsp3) is 0.227. The highest BCUT2D eigenvalue weighted by Crippen LogP contribution is 2.28. The topological polar surface area (TPSA) is 121 Å². The summed E-state index contributed by atoms with van der Waals surface area (Å²) in [7, 11) is 1.51. The van der Waals surface area contributed by atoms with Gasteiger partial charge in [-0.15, -0.1) is 0 Å². The molecule has 9 heteroatoms. The van der Waals surface area contributed by atoms with Crippen LogP contribution in [0.3, 0.4) is 0 Å². The molecule has 3 aromatic rings. The van der Waals surface area contributed by atoms with Crippen LogP contribution in [0.15, 0.2) is 59.0 Å². The van der Waals surface area contributed by atoms with Crippen molar-refractivity contribution >= 4 is 29.2 Å². The Kier molecular flexibility index (Phi) is 7.23. The average Bonchev–Trinajstić information content (AvgIpc) is 3.23. The highest BCUT2D eigenvalue weighted by molar-refractivity contribution is 5.97. The number of para-hydroxylation sites is 1. The van der Waals surface area contributed by atoms with Crippen LogP contribution in [-0.4, -0.2) is 48.8 Å². The van der Waals surface area contributed by atoms with Crippen molar-refractivity contribution in [2.45, 2.75) is 6.42 Å². The normalized spacial score (nSPS) is 11.5. The summed E-state index contributed by atoms with van der Waals surface area (Å²) < 4.78 is 10.8. The number of benzene rings is 2. The van der Waals surface area contributed by atoms with Crippen LogP contribution in [0.25, 0.3) is 11.0 Å². The van der Waals surface area contributed by atoms with Crippen molar-refractivity contribution in [1.82, 2.24) is 15.7 Å². The minimum absolute atomic E-state index is 0.0806. The molecular weight excluding hydrogens is 402 g/mol. The third-order valence-electron chi connectivity index (χ3n) is 4.69. The Labute approximate surface area is 178 Å². The van der Waals surface area contributed by atoms with Crippen LogP contribution < -0.4 is 15.4 Å². The number of nitrogens with zero attached hydrogens (tertiary/aromatic N) is 1. The number of hydrogen-bond donors (Lipinski definition) is 3. The summed E-state index contributed by atoms with van der Waals surface area (Å²) in [5.74, 6) is -1.04. The van der Waals surface area contributed by atoms with E-state index in [-0.39, 0.29) is 25.4 Å². The number of ether oxygens (including phenoxy) is 1. The minimum Gasteiger partial charge on any atom is -0.493 e. The number of hydroxylamine groups is 2. The maximum Gasteiger partial charge on any atom is 0.288 e. The van der Waals surface area contributed by atoms with E-state index in [1.54, 1.807) is 24.3 Å². The number of amides is 3. The molecule has 162 valence electrons. The Morgan fingerprint density at radius 2 is 1.94 bits per heavy atom. The standard InChI is InChI=1S/C22H23N3O6/c1-30-18-9-5-8-16-11-19(31-20(16)18)22(28)24-13-23-21(27)17(12-25(29)14-26)10-15-6-3-2-4-7-15/h2-9,11,14,17,29H,10,12-13H2,1H3,(H,23,27)(H,24,28)/t17-/m1/s1. The van der Waals surface area contributed by atoms with E-state index in [1.165, 1.54) is 7.11 Å². The molecule has 0 spiro atoms. The third-order valence-corrected chi connectivity index (χ3v) is 4.69. The van der Waals surface area contributed by atoms with Crippen LogP contribution >= 0.6 is 0 Å².